The molecule has 42 heavy (non-hydrogen) atoms. The van der Waals surface area contributed by atoms with Gasteiger partial charge in [-0.1, -0.05) is 42.1 Å². The van der Waals surface area contributed by atoms with Crippen LogP contribution in [0.15, 0.2) is 47.5 Å². The van der Waals surface area contributed by atoms with Crippen LogP contribution < -0.4 is 16.4 Å². The molecule has 0 bridgehead atoms. The Morgan fingerprint density at radius 3 is 2.74 bits per heavy atom. The number of imidazole rings is 1. The van der Waals surface area contributed by atoms with E-state index >= 15 is 0 Å². The van der Waals surface area contributed by atoms with Gasteiger partial charge < -0.3 is 35.3 Å². The summed E-state index contributed by atoms with van der Waals surface area (Å²) in [7, 11) is -4.02. The Hall–Kier alpha value is -2.59. The van der Waals surface area contributed by atoms with Gasteiger partial charge in [0, 0.05) is 18.4 Å². The minimum absolute atomic E-state index is 0.0690. The molecule has 16 heteroatoms. The second kappa shape index (κ2) is 13.0. The number of benzene rings is 1. The normalized spacial score (nSPS) is 24.2. The van der Waals surface area contributed by atoms with E-state index in [2.05, 4.69) is 15.1 Å². The summed E-state index contributed by atoms with van der Waals surface area (Å²) in [5, 5.41) is 34.1. The molecule has 0 saturated carbocycles. The van der Waals surface area contributed by atoms with Crippen molar-refractivity contribution in [2.45, 2.75) is 51.4 Å². The van der Waals surface area contributed by atoms with E-state index in [0.29, 0.717) is 0 Å². The van der Waals surface area contributed by atoms with Gasteiger partial charge >= 0.3 is 7.75 Å². The predicted molar refractivity (Wildman–Crippen MR) is 156 cm³/mol. The lowest BCUT2D eigenvalue weighted by atomic mass is 9.96. The number of ether oxygens (including phenoxy) is 1. The summed E-state index contributed by atoms with van der Waals surface area (Å²) in [5.74, 6) is 0.229. The summed E-state index contributed by atoms with van der Waals surface area (Å²) >= 11 is 0.940. The number of carbonyl (C=O) groups is 1. The van der Waals surface area contributed by atoms with Crippen molar-refractivity contribution >= 4 is 41.5 Å². The third-order valence-electron chi connectivity index (χ3n) is 6.86. The number of thioether (sulfide) groups is 1. The number of hydrogen-bond donors (Lipinski definition) is 6. The lowest BCUT2D eigenvalue weighted by molar-refractivity contribution is -0.119. The van der Waals surface area contributed by atoms with Crippen molar-refractivity contribution in [1.82, 2.24) is 19.6 Å². The zero-order valence-electron chi connectivity index (χ0n) is 23.4. The number of aromatic amines is 1. The van der Waals surface area contributed by atoms with Gasteiger partial charge in [0.05, 0.1) is 37.1 Å². The van der Waals surface area contributed by atoms with Gasteiger partial charge in [0.25, 0.3) is 5.56 Å². The molecule has 7 N–H and O–H groups in total. The highest BCUT2D eigenvalue weighted by atomic mass is 32.2. The van der Waals surface area contributed by atoms with Gasteiger partial charge in [-0.05, 0) is 26.3 Å². The molecule has 0 aliphatic carbocycles. The highest BCUT2D eigenvalue weighted by Crippen LogP contribution is 2.47. The number of aliphatic hydroxyl groups excluding tert-OH is 2. The number of nitrogen functional groups attached to an aromatic ring is 1. The van der Waals surface area contributed by atoms with Crippen LogP contribution in [0.3, 0.4) is 0 Å². The fourth-order valence-electron chi connectivity index (χ4n) is 4.26. The first-order chi connectivity index (χ1) is 19.8. The number of nitrogens with one attached hydrogen (secondary N) is 2. The van der Waals surface area contributed by atoms with Crippen LogP contribution in [0.5, 0.6) is 0 Å². The molecule has 3 heterocycles. The van der Waals surface area contributed by atoms with E-state index in [1.54, 1.807) is 13.8 Å². The quantitative estimate of drug-likeness (QED) is 0.118. The molecule has 1 unspecified atom stereocenters. The molecule has 5 atom stereocenters. The number of fused-ring (bicyclic) bond motifs is 1. The molecule has 1 fully saturated rings. The van der Waals surface area contributed by atoms with Crippen molar-refractivity contribution < 1.29 is 38.5 Å². The lowest BCUT2D eigenvalue weighted by Crippen LogP contribution is -2.44. The van der Waals surface area contributed by atoms with Crippen LogP contribution in [-0.4, -0.2) is 78.4 Å². The fourth-order valence-corrected chi connectivity index (χ4v) is 6.50. The van der Waals surface area contributed by atoms with Crippen LogP contribution in [0.25, 0.3) is 11.0 Å². The van der Waals surface area contributed by atoms with Crippen LogP contribution in [0.4, 0.5) is 5.82 Å². The number of pyridine rings is 1. The minimum Gasteiger partial charge on any atom is -0.395 e. The summed E-state index contributed by atoms with van der Waals surface area (Å²) in [6.07, 6.45) is -2.54. The summed E-state index contributed by atoms with van der Waals surface area (Å²) < 4.78 is 32.3. The van der Waals surface area contributed by atoms with Gasteiger partial charge in [-0.2, -0.15) is 0 Å². The Balaban J connectivity index is 1.46. The minimum atomic E-state index is -4.02. The maximum absolute atomic E-state index is 13.7. The van der Waals surface area contributed by atoms with E-state index in [-0.39, 0.29) is 47.5 Å². The average molecular weight is 626 g/mol. The number of H-pyrrole nitrogens is 1. The lowest BCUT2D eigenvalue weighted by Gasteiger charge is -2.27. The molecule has 230 valence electrons. The molecule has 4 rings (SSSR count). The topological polar surface area (TPSA) is 211 Å². The zero-order chi connectivity index (χ0) is 30.7. The van der Waals surface area contributed by atoms with Crippen molar-refractivity contribution in [3.63, 3.8) is 0 Å². The van der Waals surface area contributed by atoms with Gasteiger partial charge in [0.2, 0.25) is 0 Å². The first kappa shape index (κ1) is 32.3. The number of carbonyl (C=O) groups excluding carboxylic acids is 1. The Kier molecular flexibility index (Phi) is 9.97. The SMILES string of the molecule is CC(C)(CO)C(=O)SCCOP(=O)(NCc1ccccc1)OC[C@H]1O[C@@H](n2cnc3c(=O)[nH]c(N)cc32)[C@](C)(O)[C@@H]1O. The van der Waals surface area contributed by atoms with Gasteiger partial charge in [-0.25, -0.2) is 14.6 Å². The number of aromatic nitrogens is 3. The summed E-state index contributed by atoms with van der Waals surface area (Å²) in [4.78, 5) is 31.1. The molecule has 14 nitrogen and oxygen atoms in total. The molecule has 0 radical (unpaired) electrons. The Morgan fingerprint density at radius 1 is 1.33 bits per heavy atom. The van der Waals surface area contributed by atoms with E-state index in [1.165, 1.54) is 23.9 Å². The van der Waals surface area contributed by atoms with Crippen LogP contribution in [-0.2, 0) is 29.7 Å². The van der Waals surface area contributed by atoms with Crippen molar-refractivity contribution in [1.29, 1.82) is 0 Å². The molecule has 2 aromatic heterocycles. The Bertz CT molecular complexity index is 1500. The van der Waals surface area contributed by atoms with Crippen molar-refractivity contribution in [3.05, 3.63) is 58.6 Å². The van der Waals surface area contributed by atoms with E-state index in [1.807, 2.05) is 30.3 Å². The largest absolute Gasteiger partial charge is 0.405 e. The molecular formula is C26H36N5O9PS. The highest BCUT2D eigenvalue weighted by molar-refractivity contribution is 8.13. The first-order valence-corrected chi connectivity index (χ1v) is 15.7. The fraction of sp³-hybridized carbons (Fsp3) is 0.500. The molecular weight excluding hydrogens is 589 g/mol. The van der Waals surface area contributed by atoms with Gasteiger partial charge in [-0.15, -0.1) is 0 Å². The standard InChI is InChI=1S/C26H36N5O9PS/c1-25(2,14-32)24(35)42-10-9-38-41(37,29-12-16-7-5-4-6-8-16)39-13-18-21(33)26(3,36)23(40-18)31-15-28-20-17(31)11-19(27)30-22(20)34/h4-8,11,15,18,21,23,32-33,36H,9-10,12-14H2,1-3H3,(H,29,37)(H3,27,30,34)/t18-,21-,23-,26-,41?/m1/s1. The van der Waals surface area contributed by atoms with Crippen molar-refractivity contribution in [3.8, 4) is 0 Å². The van der Waals surface area contributed by atoms with Crippen molar-refractivity contribution in [2.75, 3.05) is 31.3 Å². The number of hydrogen-bond acceptors (Lipinski definition) is 12. The number of nitrogens with two attached hydrogens (primary N) is 1. The molecule has 1 aliphatic heterocycles. The van der Waals surface area contributed by atoms with Crippen LogP contribution in [0, 0.1) is 5.41 Å². The number of nitrogens with zero attached hydrogens (tertiary/aromatic N) is 2. The molecule has 0 spiro atoms. The van der Waals surface area contributed by atoms with Gasteiger partial charge in [-0.3, -0.25) is 18.6 Å². The van der Waals surface area contributed by atoms with E-state index in [9.17, 15) is 29.5 Å². The monoisotopic (exact) mass is 625 g/mol. The number of rotatable bonds is 13. The van der Waals surface area contributed by atoms with Gasteiger partial charge in [0.15, 0.2) is 16.9 Å². The zero-order valence-corrected chi connectivity index (χ0v) is 25.1. The predicted octanol–water partition coefficient (Wildman–Crippen LogP) is 1.53. The average Bonchev–Trinajstić information content (AvgIpc) is 3.47. The van der Waals surface area contributed by atoms with Crippen molar-refractivity contribution in [2.24, 2.45) is 5.41 Å². The first-order valence-electron chi connectivity index (χ1n) is 13.1. The Morgan fingerprint density at radius 2 is 2.05 bits per heavy atom. The van der Waals surface area contributed by atoms with E-state index < -0.39 is 49.4 Å². The number of aliphatic hydroxyl groups is 3. The second-order valence-electron chi connectivity index (χ2n) is 10.8. The third kappa shape index (κ3) is 7.13. The third-order valence-corrected chi connectivity index (χ3v) is 9.60. The Labute approximate surface area is 246 Å². The summed E-state index contributed by atoms with van der Waals surface area (Å²) in [5.41, 5.74) is 3.62. The second-order valence-corrected chi connectivity index (χ2v) is 13.7. The maximum atomic E-state index is 13.7. The number of anilines is 1. The van der Waals surface area contributed by atoms with E-state index in [4.69, 9.17) is 19.5 Å². The molecule has 1 aliphatic rings. The molecule has 1 aromatic carbocycles. The van der Waals surface area contributed by atoms with Gasteiger partial charge in [0.1, 0.15) is 23.6 Å². The molecule has 1 saturated heterocycles. The maximum Gasteiger partial charge on any atom is 0.405 e. The van der Waals surface area contributed by atoms with E-state index in [0.717, 1.165) is 17.3 Å². The summed E-state index contributed by atoms with van der Waals surface area (Å²) in [6, 6.07) is 10.6. The van der Waals surface area contributed by atoms with Crippen LogP contribution >= 0.6 is 19.5 Å². The highest BCUT2D eigenvalue weighted by Gasteiger charge is 2.54. The molecule has 0 amide bonds. The summed E-state index contributed by atoms with van der Waals surface area (Å²) in [6.45, 7) is 3.85. The smallest absolute Gasteiger partial charge is 0.395 e. The van der Waals surface area contributed by atoms with Crippen LogP contribution in [0.2, 0.25) is 0 Å². The van der Waals surface area contributed by atoms with Crippen LogP contribution in [0.1, 0.15) is 32.6 Å². The molecule has 3 aromatic rings.